The number of hydrogen-bond donors (Lipinski definition) is 0. The van der Waals surface area contributed by atoms with Gasteiger partial charge in [-0.15, -0.1) is 5.98 Å². The van der Waals surface area contributed by atoms with Gasteiger partial charge in [0.15, 0.2) is 0 Å². The summed E-state index contributed by atoms with van der Waals surface area (Å²) in [6.07, 6.45) is 1.06. The molecule has 0 aromatic heterocycles. The summed E-state index contributed by atoms with van der Waals surface area (Å²) in [7, 11) is 0. The largest absolute Gasteiger partial charge is 1.00 e. The molecule has 0 aliphatic heterocycles. The van der Waals surface area contributed by atoms with Crippen LogP contribution in [0.25, 0.3) is 6.08 Å². The van der Waals surface area contributed by atoms with Gasteiger partial charge in [-0.05, 0) is 17.7 Å². The van der Waals surface area contributed by atoms with Crippen LogP contribution in [0.1, 0.15) is 5.56 Å². The second-order valence-electron chi connectivity index (χ2n) is 2.54. The first-order valence-corrected chi connectivity index (χ1v) is 4.41. The molecule has 0 heterocycles. The van der Waals surface area contributed by atoms with Gasteiger partial charge in [-0.1, -0.05) is 34.1 Å². The van der Waals surface area contributed by atoms with Crippen LogP contribution in [0, 0.1) is 0 Å². The van der Waals surface area contributed by atoms with Gasteiger partial charge in [-0.25, -0.2) is 0 Å². The molecule has 0 N–H and O–H groups in total. The molecule has 1 aromatic carbocycles. The summed E-state index contributed by atoms with van der Waals surface area (Å²) < 4.78 is 36.2. The predicted molar refractivity (Wildman–Crippen MR) is 52.3 cm³/mol. The third-order valence-corrected chi connectivity index (χ3v) is 1.91. The van der Waals surface area contributed by atoms with Gasteiger partial charge in [0, 0.05) is 4.47 Å². The van der Waals surface area contributed by atoms with Crippen LogP contribution in [0.5, 0.6) is 0 Å². The van der Waals surface area contributed by atoms with Gasteiger partial charge in [-0.3, -0.25) is 0 Å². The number of benzene rings is 1. The van der Waals surface area contributed by atoms with Crippen LogP contribution in [-0.2, 0) is 0 Å². The Hall–Kier alpha value is 0.931. The maximum atomic E-state index is 11.8. The average molecular weight is 289 g/mol. The Bertz CT molecular complexity index is 307. The fourth-order valence-electron chi connectivity index (χ4n) is 0.794. The van der Waals surface area contributed by atoms with Gasteiger partial charge in [0.2, 0.25) is 0 Å². The second kappa shape index (κ2) is 6.50. The van der Waals surface area contributed by atoms with Crippen molar-refractivity contribution in [1.29, 1.82) is 0 Å². The van der Waals surface area contributed by atoms with Crippen molar-refractivity contribution in [2.45, 2.75) is 0 Å². The minimum absolute atomic E-state index is 0. The van der Waals surface area contributed by atoms with Crippen molar-refractivity contribution in [3.63, 3.8) is 0 Å². The van der Waals surface area contributed by atoms with Crippen molar-refractivity contribution < 1.29 is 64.3 Å². The number of halogens is 4. The van der Waals surface area contributed by atoms with Crippen LogP contribution in [-0.4, -0.2) is 6.98 Å². The molecule has 0 saturated carbocycles. The van der Waals surface area contributed by atoms with Gasteiger partial charge >= 0.3 is 58.4 Å². The van der Waals surface area contributed by atoms with Crippen LogP contribution < -0.4 is 51.4 Å². The zero-order chi connectivity index (χ0) is 9.90. The zero-order valence-corrected chi connectivity index (χ0v) is 12.3. The van der Waals surface area contributed by atoms with Crippen molar-refractivity contribution in [2.24, 2.45) is 0 Å². The molecule has 0 aliphatic rings. The van der Waals surface area contributed by atoms with Crippen molar-refractivity contribution in [3.05, 3.63) is 40.3 Å². The zero-order valence-electron chi connectivity index (χ0n) is 7.55. The minimum Gasteiger partial charge on any atom is -0.445 e. The summed E-state index contributed by atoms with van der Waals surface area (Å²) in [5, 5.41) is 0. The van der Waals surface area contributed by atoms with Gasteiger partial charge in [-0.2, -0.15) is 0 Å². The normalized spacial score (nSPS) is 11.4. The molecule has 0 atom stereocenters. The third kappa shape index (κ3) is 6.42. The molecule has 0 nitrogen and oxygen atoms in total. The predicted octanol–water partition coefficient (Wildman–Crippen LogP) is 0.853. The Labute approximate surface area is 132 Å². The Balaban J connectivity index is 0.00000169. The van der Waals surface area contributed by atoms with E-state index in [4.69, 9.17) is 0 Å². The standard InChI is InChI=1S/C8H6BBrF3.K/c10-8-3-1-7(2-4-8)5-6-9(11,12)13;/h1-6H;/q-1;+1. The molecule has 1 rings (SSSR count). The topological polar surface area (TPSA) is 0 Å². The monoisotopic (exact) mass is 288 g/mol. The van der Waals surface area contributed by atoms with E-state index in [1.165, 1.54) is 0 Å². The molecule has 14 heavy (non-hydrogen) atoms. The van der Waals surface area contributed by atoms with Gasteiger partial charge in [0.1, 0.15) is 0 Å². The Morgan fingerprint density at radius 2 is 1.57 bits per heavy atom. The molecule has 6 heteroatoms. The molecule has 0 spiro atoms. The Morgan fingerprint density at radius 1 is 1.07 bits per heavy atom. The summed E-state index contributed by atoms with van der Waals surface area (Å²) in [6, 6.07) is 6.62. The second-order valence-corrected chi connectivity index (χ2v) is 3.45. The van der Waals surface area contributed by atoms with E-state index < -0.39 is 6.98 Å². The first-order chi connectivity index (χ1) is 5.97. The smallest absolute Gasteiger partial charge is 0.445 e. The molecule has 70 valence electrons. The van der Waals surface area contributed by atoms with E-state index in [2.05, 4.69) is 15.9 Å². The molecular weight excluding hydrogens is 283 g/mol. The van der Waals surface area contributed by atoms with Crippen molar-refractivity contribution in [1.82, 2.24) is 0 Å². The molecule has 0 saturated heterocycles. The molecule has 0 bridgehead atoms. The van der Waals surface area contributed by atoms with Crippen LogP contribution in [0.4, 0.5) is 12.9 Å². The van der Waals surface area contributed by atoms with Crippen molar-refractivity contribution in [2.75, 3.05) is 0 Å². The summed E-state index contributed by atoms with van der Waals surface area (Å²) in [5.74, 6) is 0.281. The van der Waals surface area contributed by atoms with E-state index in [9.17, 15) is 12.9 Å². The summed E-state index contributed by atoms with van der Waals surface area (Å²) in [4.78, 5) is 0. The first-order valence-electron chi connectivity index (χ1n) is 3.62. The summed E-state index contributed by atoms with van der Waals surface area (Å²) in [5.41, 5.74) is 0.544. The quantitative estimate of drug-likeness (QED) is 0.708. The molecule has 0 fully saturated rings. The van der Waals surface area contributed by atoms with Gasteiger partial charge in [0.05, 0.1) is 0 Å². The maximum absolute atomic E-state index is 11.8. The van der Waals surface area contributed by atoms with Crippen LogP contribution in [0.2, 0.25) is 0 Å². The number of hydrogen-bond acceptors (Lipinski definition) is 0. The first kappa shape index (κ1) is 14.9. The van der Waals surface area contributed by atoms with Gasteiger partial charge < -0.3 is 12.9 Å². The minimum atomic E-state index is -4.83. The van der Waals surface area contributed by atoms with Gasteiger partial charge in [0.25, 0.3) is 0 Å². The summed E-state index contributed by atoms with van der Waals surface area (Å²) >= 11 is 3.19. The Morgan fingerprint density at radius 3 is 2.00 bits per heavy atom. The van der Waals surface area contributed by atoms with E-state index in [1.54, 1.807) is 24.3 Å². The maximum Gasteiger partial charge on any atom is 1.00 e. The van der Waals surface area contributed by atoms with E-state index in [0.29, 0.717) is 5.56 Å². The van der Waals surface area contributed by atoms with E-state index in [0.717, 1.165) is 10.5 Å². The molecule has 0 amide bonds. The fourth-order valence-corrected chi connectivity index (χ4v) is 1.06. The molecule has 0 aliphatic carbocycles. The van der Waals surface area contributed by atoms with E-state index in [1.807, 2.05) is 0 Å². The van der Waals surface area contributed by atoms with E-state index >= 15 is 0 Å². The van der Waals surface area contributed by atoms with Crippen LogP contribution in [0.15, 0.2) is 34.7 Å². The van der Waals surface area contributed by atoms with Crippen LogP contribution >= 0.6 is 15.9 Å². The molecular formula is C8H6BBrF3K. The van der Waals surface area contributed by atoms with Crippen LogP contribution in [0.3, 0.4) is 0 Å². The summed E-state index contributed by atoms with van der Waals surface area (Å²) in [6.45, 7) is -4.83. The fraction of sp³-hybridized carbons (Fsp3) is 0. The number of rotatable bonds is 2. The molecule has 1 aromatic rings. The van der Waals surface area contributed by atoms with E-state index in [-0.39, 0.29) is 57.4 Å². The average Bonchev–Trinajstić information content (AvgIpc) is 2.02. The molecule has 0 radical (unpaired) electrons. The third-order valence-electron chi connectivity index (χ3n) is 1.38. The SMILES string of the molecule is F[B-](F)(F)C=Cc1ccc(Br)cc1.[K+]. The molecule has 0 unspecified atom stereocenters. The van der Waals surface area contributed by atoms with Crippen molar-refractivity contribution in [3.8, 4) is 0 Å². The Kier molecular flexibility index (Phi) is 6.93. The van der Waals surface area contributed by atoms with Crippen molar-refractivity contribution >= 4 is 29.0 Å².